The molecule has 1 fully saturated rings. The maximum Gasteiger partial charge on any atom is 0.123 e. The highest BCUT2D eigenvalue weighted by Crippen LogP contribution is 2.42. The van der Waals surface area contributed by atoms with Gasteiger partial charge in [0.1, 0.15) is 5.82 Å². The normalized spacial score (nSPS) is 29.9. The van der Waals surface area contributed by atoms with Gasteiger partial charge in [0.25, 0.3) is 0 Å². The molecule has 0 bridgehead atoms. The second-order valence-electron chi connectivity index (χ2n) is 4.42. The lowest BCUT2D eigenvalue weighted by Crippen LogP contribution is -2.47. The predicted octanol–water partition coefficient (Wildman–Crippen LogP) is 2.93. The van der Waals surface area contributed by atoms with Gasteiger partial charge in [-0.15, -0.1) is 0 Å². The number of rotatable bonds is 3. The zero-order valence-electron chi connectivity index (χ0n) is 9.33. The van der Waals surface area contributed by atoms with Crippen molar-refractivity contribution in [3.8, 4) is 0 Å². The smallest absolute Gasteiger partial charge is 0.123 e. The standard InChI is InChI=1S/C13H18FN/c1-3-15-13-8-12(9(13)2)10-4-6-11(14)7-5-10/h4-7,9,12-13,15H,3,8H2,1-2H3. The summed E-state index contributed by atoms with van der Waals surface area (Å²) in [5.41, 5.74) is 1.28. The maximum atomic E-state index is 12.8. The summed E-state index contributed by atoms with van der Waals surface area (Å²) in [5, 5.41) is 3.47. The number of hydrogen-bond acceptors (Lipinski definition) is 1. The van der Waals surface area contributed by atoms with Crippen molar-refractivity contribution >= 4 is 0 Å². The number of nitrogens with one attached hydrogen (secondary N) is 1. The Kier molecular flexibility index (Phi) is 3.06. The van der Waals surface area contributed by atoms with Crippen molar-refractivity contribution in [1.29, 1.82) is 0 Å². The summed E-state index contributed by atoms with van der Waals surface area (Å²) in [5.74, 6) is 1.12. The van der Waals surface area contributed by atoms with Crippen molar-refractivity contribution in [2.45, 2.75) is 32.2 Å². The Hall–Kier alpha value is -0.890. The van der Waals surface area contributed by atoms with Crippen LogP contribution in [0, 0.1) is 11.7 Å². The Morgan fingerprint density at radius 2 is 2.00 bits per heavy atom. The van der Waals surface area contributed by atoms with Gasteiger partial charge in [-0.3, -0.25) is 0 Å². The van der Waals surface area contributed by atoms with Gasteiger partial charge in [-0.25, -0.2) is 4.39 Å². The third kappa shape index (κ3) is 2.05. The molecule has 1 aromatic carbocycles. The second-order valence-corrected chi connectivity index (χ2v) is 4.42. The lowest BCUT2D eigenvalue weighted by molar-refractivity contribution is 0.187. The third-order valence-electron chi connectivity index (χ3n) is 3.54. The molecule has 1 aliphatic rings. The highest BCUT2D eigenvalue weighted by Gasteiger charge is 2.37. The fraction of sp³-hybridized carbons (Fsp3) is 0.538. The quantitative estimate of drug-likeness (QED) is 0.803. The maximum absolute atomic E-state index is 12.8. The zero-order chi connectivity index (χ0) is 10.8. The Bertz CT molecular complexity index is 320. The SMILES string of the molecule is CCNC1CC(c2ccc(F)cc2)C1C. The molecule has 3 atom stereocenters. The van der Waals surface area contributed by atoms with Crippen molar-refractivity contribution in [3.05, 3.63) is 35.6 Å². The van der Waals surface area contributed by atoms with E-state index in [1.807, 2.05) is 12.1 Å². The Labute approximate surface area is 90.7 Å². The molecule has 2 rings (SSSR count). The summed E-state index contributed by atoms with van der Waals surface area (Å²) >= 11 is 0. The molecule has 1 N–H and O–H groups in total. The van der Waals surface area contributed by atoms with Crippen LogP contribution in [0.25, 0.3) is 0 Å². The molecule has 0 amide bonds. The molecule has 1 aliphatic carbocycles. The van der Waals surface area contributed by atoms with E-state index in [2.05, 4.69) is 19.2 Å². The van der Waals surface area contributed by atoms with Crippen molar-refractivity contribution < 1.29 is 4.39 Å². The molecular formula is C13H18FN. The second kappa shape index (κ2) is 4.31. The minimum atomic E-state index is -0.144. The van der Waals surface area contributed by atoms with Gasteiger partial charge in [0.2, 0.25) is 0 Å². The number of benzene rings is 1. The van der Waals surface area contributed by atoms with Gasteiger partial charge >= 0.3 is 0 Å². The van der Waals surface area contributed by atoms with E-state index in [0.717, 1.165) is 6.54 Å². The fourth-order valence-corrected chi connectivity index (χ4v) is 2.47. The van der Waals surface area contributed by atoms with Crippen LogP contribution in [0.5, 0.6) is 0 Å². The molecule has 0 aliphatic heterocycles. The first kappa shape index (κ1) is 10.6. The van der Waals surface area contributed by atoms with Crippen LogP contribution in [0.4, 0.5) is 4.39 Å². The molecule has 2 heteroatoms. The molecule has 1 nitrogen and oxygen atoms in total. The first-order valence-corrected chi connectivity index (χ1v) is 5.71. The molecule has 82 valence electrons. The number of halogens is 1. The van der Waals surface area contributed by atoms with Crippen LogP contribution < -0.4 is 5.32 Å². The van der Waals surface area contributed by atoms with Gasteiger partial charge in [0, 0.05) is 6.04 Å². The Morgan fingerprint density at radius 1 is 1.33 bits per heavy atom. The Morgan fingerprint density at radius 3 is 2.53 bits per heavy atom. The van der Waals surface area contributed by atoms with Crippen molar-refractivity contribution in [2.24, 2.45) is 5.92 Å². The lowest BCUT2D eigenvalue weighted by atomic mass is 9.67. The average molecular weight is 207 g/mol. The minimum Gasteiger partial charge on any atom is -0.314 e. The summed E-state index contributed by atoms with van der Waals surface area (Å²) in [6, 6.07) is 7.59. The molecule has 15 heavy (non-hydrogen) atoms. The van der Waals surface area contributed by atoms with Crippen molar-refractivity contribution in [3.63, 3.8) is 0 Å². The minimum absolute atomic E-state index is 0.144. The lowest BCUT2D eigenvalue weighted by Gasteiger charge is -2.43. The van der Waals surface area contributed by atoms with Crippen LogP contribution in [0.15, 0.2) is 24.3 Å². The van der Waals surface area contributed by atoms with Gasteiger partial charge in [-0.1, -0.05) is 26.0 Å². The van der Waals surface area contributed by atoms with E-state index in [0.29, 0.717) is 17.9 Å². The van der Waals surface area contributed by atoms with Crippen molar-refractivity contribution in [1.82, 2.24) is 5.32 Å². The van der Waals surface area contributed by atoms with Crippen molar-refractivity contribution in [2.75, 3.05) is 6.54 Å². The first-order chi connectivity index (χ1) is 7.22. The highest BCUT2D eigenvalue weighted by atomic mass is 19.1. The molecule has 0 spiro atoms. The van der Waals surface area contributed by atoms with Gasteiger partial charge in [0.05, 0.1) is 0 Å². The number of hydrogen-bond donors (Lipinski definition) is 1. The van der Waals surface area contributed by atoms with E-state index in [1.54, 1.807) is 12.1 Å². The monoisotopic (exact) mass is 207 g/mol. The summed E-state index contributed by atoms with van der Waals surface area (Å²) in [6.45, 7) is 5.44. The van der Waals surface area contributed by atoms with Crippen LogP contribution in [-0.2, 0) is 0 Å². The highest BCUT2D eigenvalue weighted by molar-refractivity contribution is 5.25. The molecule has 3 unspecified atom stereocenters. The molecule has 1 saturated carbocycles. The summed E-state index contributed by atoms with van der Waals surface area (Å²) in [6.07, 6.45) is 1.18. The zero-order valence-corrected chi connectivity index (χ0v) is 9.33. The van der Waals surface area contributed by atoms with E-state index in [4.69, 9.17) is 0 Å². The van der Waals surface area contributed by atoms with Gasteiger partial charge in [-0.05, 0) is 42.5 Å². The molecule has 0 radical (unpaired) electrons. The van der Waals surface area contributed by atoms with Gasteiger partial charge in [0.15, 0.2) is 0 Å². The molecular weight excluding hydrogens is 189 g/mol. The van der Waals surface area contributed by atoms with Gasteiger partial charge in [-0.2, -0.15) is 0 Å². The summed E-state index contributed by atoms with van der Waals surface area (Å²) < 4.78 is 12.8. The first-order valence-electron chi connectivity index (χ1n) is 5.71. The average Bonchev–Trinajstić information content (AvgIpc) is 2.25. The van der Waals surface area contributed by atoms with E-state index in [9.17, 15) is 4.39 Å². The van der Waals surface area contributed by atoms with Crippen LogP contribution >= 0.6 is 0 Å². The topological polar surface area (TPSA) is 12.0 Å². The van der Waals surface area contributed by atoms with Crippen LogP contribution in [0.2, 0.25) is 0 Å². The van der Waals surface area contributed by atoms with Crippen LogP contribution in [0.1, 0.15) is 31.7 Å². The largest absolute Gasteiger partial charge is 0.314 e. The van der Waals surface area contributed by atoms with E-state index in [1.165, 1.54) is 12.0 Å². The predicted molar refractivity (Wildman–Crippen MR) is 60.4 cm³/mol. The Balaban J connectivity index is 2.00. The molecule has 1 aromatic rings. The summed E-state index contributed by atoms with van der Waals surface area (Å²) in [4.78, 5) is 0. The summed E-state index contributed by atoms with van der Waals surface area (Å²) in [7, 11) is 0. The molecule has 0 saturated heterocycles. The third-order valence-corrected chi connectivity index (χ3v) is 3.54. The molecule has 0 heterocycles. The van der Waals surface area contributed by atoms with Crippen LogP contribution in [0.3, 0.4) is 0 Å². The van der Waals surface area contributed by atoms with Crippen LogP contribution in [-0.4, -0.2) is 12.6 Å². The fourth-order valence-electron chi connectivity index (χ4n) is 2.47. The van der Waals surface area contributed by atoms with E-state index in [-0.39, 0.29) is 5.82 Å². The molecule has 0 aromatic heterocycles. The van der Waals surface area contributed by atoms with Gasteiger partial charge < -0.3 is 5.32 Å². The van der Waals surface area contributed by atoms with E-state index < -0.39 is 0 Å². The van der Waals surface area contributed by atoms with E-state index >= 15 is 0 Å².